The fraction of sp³-hybridized carbons (Fsp3) is 0.571. The molecule has 4 nitrogen and oxygen atoms in total. The number of rotatable bonds is 6. The van der Waals surface area contributed by atoms with Gasteiger partial charge in [0.15, 0.2) is 5.78 Å². The van der Waals surface area contributed by atoms with Crippen molar-refractivity contribution < 1.29 is 14.3 Å². The number of hydrogen-bond donors (Lipinski definition) is 0. The number of ether oxygens (including phenoxy) is 2. The van der Waals surface area contributed by atoms with E-state index in [1.807, 2.05) is 6.07 Å². The molecule has 0 saturated carbocycles. The monoisotopic (exact) mass is 249 g/mol. The molecule has 1 aliphatic rings. The summed E-state index contributed by atoms with van der Waals surface area (Å²) in [4.78, 5) is 16.5. The zero-order chi connectivity index (χ0) is 12.8. The summed E-state index contributed by atoms with van der Waals surface area (Å²) in [5, 5.41) is 0. The molecule has 0 N–H and O–H groups in total. The number of aryl methyl sites for hydroxylation is 1. The highest BCUT2D eigenvalue weighted by atomic mass is 16.5. The highest BCUT2D eigenvalue weighted by molar-refractivity contribution is 5.87. The molecule has 0 spiro atoms. The Hall–Kier alpha value is -1.26. The molecule has 98 valence electrons. The maximum atomic E-state index is 12.1. The van der Waals surface area contributed by atoms with E-state index in [4.69, 9.17) is 9.47 Å². The molecule has 0 amide bonds. The van der Waals surface area contributed by atoms with E-state index in [-0.39, 0.29) is 18.3 Å². The molecule has 1 aromatic heterocycles. The first kappa shape index (κ1) is 13.2. The Kier molecular flexibility index (Phi) is 4.84. The van der Waals surface area contributed by atoms with Crippen LogP contribution >= 0.6 is 0 Å². The van der Waals surface area contributed by atoms with Crippen molar-refractivity contribution in [1.29, 1.82) is 0 Å². The van der Waals surface area contributed by atoms with Gasteiger partial charge in [0.1, 0.15) is 6.61 Å². The van der Waals surface area contributed by atoms with Crippen LogP contribution in [0.5, 0.6) is 0 Å². The number of pyridine rings is 1. The Morgan fingerprint density at radius 2 is 2.39 bits per heavy atom. The minimum atomic E-state index is -0.0857. The summed E-state index contributed by atoms with van der Waals surface area (Å²) in [7, 11) is 1.62. The second kappa shape index (κ2) is 6.61. The van der Waals surface area contributed by atoms with Gasteiger partial charge < -0.3 is 9.47 Å². The molecule has 1 atom stereocenters. The molecule has 0 aromatic carbocycles. The van der Waals surface area contributed by atoms with Gasteiger partial charge in [-0.25, -0.2) is 0 Å². The standard InChI is InChI=1S/C14H19NO3/c1-17-8-9-18-10-13(16)12-6-2-4-11-5-3-7-15-14(11)12/h3,5,7,12H,2,4,6,8-10H2,1H3. The molecule has 0 aliphatic heterocycles. The molecule has 4 heteroatoms. The fourth-order valence-electron chi connectivity index (χ4n) is 2.34. The molecule has 0 bridgehead atoms. The predicted molar refractivity (Wildman–Crippen MR) is 67.6 cm³/mol. The van der Waals surface area contributed by atoms with Gasteiger partial charge in [-0.1, -0.05) is 6.07 Å². The first-order valence-corrected chi connectivity index (χ1v) is 6.36. The molecular weight excluding hydrogens is 230 g/mol. The topological polar surface area (TPSA) is 48.4 Å². The van der Waals surface area contributed by atoms with E-state index in [0.29, 0.717) is 13.2 Å². The van der Waals surface area contributed by atoms with E-state index < -0.39 is 0 Å². The maximum Gasteiger partial charge on any atom is 0.167 e. The van der Waals surface area contributed by atoms with Gasteiger partial charge in [-0.05, 0) is 30.9 Å². The second-order valence-electron chi connectivity index (χ2n) is 4.50. The predicted octanol–water partition coefficient (Wildman–Crippen LogP) is 1.73. The van der Waals surface area contributed by atoms with Gasteiger partial charge in [0.05, 0.1) is 24.8 Å². The third-order valence-electron chi connectivity index (χ3n) is 3.26. The summed E-state index contributed by atoms with van der Waals surface area (Å²) in [5.74, 6) is 0.0447. The number of methoxy groups -OCH3 is 1. The maximum absolute atomic E-state index is 12.1. The zero-order valence-electron chi connectivity index (χ0n) is 10.7. The minimum absolute atomic E-state index is 0.0857. The van der Waals surface area contributed by atoms with Crippen LogP contribution in [0.1, 0.15) is 30.0 Å². The van der Waals surface area contributed by atoms with Gasteiger partial charge >= 0.3 is 0 Å². The van der Waals surface area contributed by atoms with Crippen LogP contribution in [0.2, 0.25) is 0 Å². The minimum Gasteiger partial charge on any atom is -0.382 e. The van der Waals surface area contributed by atoms with E-state index in [0.717, 1.165) is 25.0 Å². The van der Waals surface area contributed by atoms with Crippen molar-refractivity contribution in [2.45, 2.75) is 25.2 Å². The van der Waals surface area contributed by atoms with Crippen LogP contribution in [0.15, 0.2) is 18.3 Å². The van der Waals surface area contributed by atoms with E-state index >= 15 is 0 Å². The molecule has 1 aliphatic carbocycles. The van der Waals surface area contributed by atoms with Crippen molar-refractivity contribution in [3.8, 4) is 0 Å². The van der Waals surface area contributed by atoms with Crippen molar-refractivity contribution in [3.05, 3.63) is 29.6 Å². The van der Waals surface area contributed by atoms with Crippen LogP contribution in [-0.2, 0) is 20.7 Å². The Morgan fingerprint density at radius 1 is 1.50 bits per heavy atom. The SMILES string of the molecule is COCCOCC(=O)C1CCCc2cccnc21. The second-order valence-corrected chi connectivity index (χ2v) is 4.50. The van der Waals surface area contributed by atoms with Gasteiger partial charge in [0.25, 0.3) is 0 Å². The lowest BCUT2D eigenvalue weighted by atomic mass is 9.84. The number of ketones is 1. The number of nitrogens with zero attached hydrogens (tertiary/aromatic N) is 1. The molecule has 0 fully saturated rings. The molecule has 1 aromatic rings. The lowest BCUT2D eigenvalue weighted by molar-refractivity contribution is -0.125. The average molecular weight is 249 g/mol. The summed E-state index contributed by atoms with van der Waals surface area (Å²) >= 11 is 0. The first-order valence-electron chi connectivity index (χ1n) is 6.36. The third kappa shape index (κ3) is 3.15. The van der Waals surface area contributed by atoms with Crippen molar-refractivity contribution in [3.63, 3.8) is 0 Å². The number of carbonyl (C=O) groups excluding carboxylic acids is 1. The van der Waals surface area contributed by atoms with E-state index in [1.165, 1.54) is 5.56 Å². The molecule has 0 radical (unpaired) electrons. The summed E-state index contributed by atoms with van der Waals surface area (Å²) in [5.41, 5.74) is 2.16. The molecular formula is C14H19NO3. The van der Waals surface area contributed by atoms with Crippen molar-refractivity contribution in [2.24, 2.45) is 0 Å². The Bertz CT molecular complexity index is 406. The van der Waals surface area contributed by atoms with Gasteiger partial charge in [-0.15, -0.1) is 0 Å². The largest absolute Gasteiger partial charge is 0.382 e. The first-order chi connectivity index (χ1) is 8.83. The number of aromatic nitrogens is 1. The lowest BCUT2D eigenvalue weighted by Gasteiger charge is -2.22. The van der Waals surface area contributed by atoms with Crippen LogP contribution < -0.4 is 0 Å². The normalized spacial score (nSPS) is 18.4. The van der Waals surface area contributed by atoms with Crippen molar-refractivity contribution in [2.75, 3.05) is 26.9 Å². The molecule has 1 heterocycles. The quantitative estimate of drug-likeness (QED) is 0.720. The molecule has 1 unspecified atom stereocenters. The third-order valence-corrected chi connectivity index (χ3v) is 3.26. The van der Waals surface area contributed by atoms with Crippen LogP contribution in [0, 0.1) is 0 Å². The fourth-order valence-corrected chi connectivity index (χ4v) is 2.34. The summed E-state index contributed by atoms with van der Waals surface area (Å²) in [6.07, 6.45) is 4.72. The lowest BCUT2D eigenvalue weighted by Crippen LogP contribution is -2.24. The highest BCUT2D eigenvalue weighted by Gasteiger charge is 2.27. The molecule has 2 rings (SSSR count). The molecule has 0 saturated heterocycles. The smallest absolute Gasteiger partial charge is 0.167 e. The number of Topliss-reactive ketones (excluding diaryl/α,β-unsaturated/α-hetero) is 1. The van der Waals surface area contributed by atoms with Gasteiger partial charge in [0.2, 0.25) is 0 Å². The van der Waals surface area contributed by atoms with E-state index in [1.54, 1.807) is 13.3 Å². The summed E-state index contributed by atoms with van der Waals surface area (Å²) in [6, 6.07) is 3.99. The number of fused-ring (bicyclic) bond motifs is 1. The van der Waals surface area contributed by atoms with Crippen LogP contribution in [0.3, 0.4) is 0 Å². The van der Waals surface area contributed by atoms with Gasteiger partial charge in [0, 0.05) is 13.3 Å². The van der Waals surface area contributed by atoms with Crippen LogP contribution in [-0.4, -0.2) is 37.7 Å². The number of hydrogen-bond acceptors (Lipinski definition) is 4. The average Bonchev–Trinajstić information content (AvgIpc) is 2.43. The zero-order valence-corrected chi connectivity index (χ0v) is 10.7. The van der Waals surface area contributed by atoms with E-state index in [9.17, 15) is 4.79 Å². The Labute approximate surface area is 107 Å². The Balaban J connectivity index is 1.95. The van der Waals surface area contributed by atoms with E-state index in [2.05, 4.69) is 11.1 Å². The van der Waals surface area contributed by atoms with Gasteiger partial charge in [-0.2, -0.15) is 0 Å². The van der Waals surface area contributed by atoms with Crippen molar-refractivity contribution >= 4 is 5.78 Å². The molecule has 18 heavy (non-hydrogen) atoms. The van der Waals surface area contributed by atoms with Crippen molar-refractivity contribution in [1.82, 2.24) is 4.98 Å². The van der Waals surface area contributed by atoms with Crippen LogP contribution in [0.25, 0.3) is 0 Å². The van der Waals surface area contributed by atoms with Gasteiger partial charge in [-0.3, -0.25) is 9.78 Å². The summed E-state index contributed by atoms with van der Waals surface area (Å²) in [6.45, 7) is 1.14. The highest BCUT2D eigenvalue weighted by Crippen LogP contribution is 2.30. The Morgan fingerprint density at radius 3 is 3.22 bits per heavy atom. The summed E-state index contributed by atoms with van der Waals surface area (Å²) < 4.78 is 10.2. The number of carbonyl (C=O) groups is 1. The van der Waals surface area contributed by atoms with Crippen LogP contribution in [0.4, 0.5) is 0 Å².